The largest absolute Gasteiger partial charge is 0.302 e. The molecule has 1 N–H and O–H groups in total. The van der Waals surface area contributed by atoms with E-state index in [1.54, 1.807) is 0 Å². The van der Waals surface area contributed by atoms with Crippen LogP contribution in [0.4, 0.5) is 0 Å². The van der Waals surface area contributed by atoms with E-state index in [4.69, 9.17) is 0 Å². The molecule has 90 valence electrons. The van der Waals surface area contributed by atoms with Crippen molar-refractivity contribution in [2.45, 2.75) is 67.4 Å². The van der Waals surface area contributed by atoms with Crippen molar-refractivity contribution >= 4 is 11.8 Å². The maximum absolute atomic E-state index is 9.22. The molecular weight excluding hydrogens is 216 g/mol. The molecule has 2 unspecified atom stereocenters. The quantitative estimate of drug-likeness (QED) is 0.820. The van der Waals surface area contributed by atoms with Crippen LogP contribution in [-0.2, 0) is 0 Å². The lowest BCUT2D eigenvalue weighted by Crippen LogP contribution is -2.38. The molecule has 2 atom stereocenters. The van der Waals surface area contributed by atoms with Crippen LogP contribution in [0.2, 0.25) is 0 Å². The zero-order valence-corrected chi connectivity index (χ0v) is 11.0. The lowest BCUT2D eigenvalue weighted by atomic mass is 10.0. The summed E-state index contributed by atoms with van der Waals surface area (Å²) >= 11 is 2.17. The van der Waals surface area contributed by atoms with Gasteiger partial charge in [0.05, 0.1) is 6.07 Å². The van der Waals surface area contributed by atoms with Gasteiger partial charge in [0.1, 0.15) is 5.54 Å². The van der Waals surface area contributed by atoms with E-state index in [1.165, 1.54) is 38.5 Å². The van der Waals surface area contributed by atoms with E-state index in [0.29, 0.717) is 0 Å². The Morgan fingerprint density at radius 1 is 1.19 bits per heavy atom. The van der Waals surface area contributed by atoms with Crippen LogP contribution in [0.5, 0.6) is 0 Å². The summed E-state index contributed by atoms with van der Waals surface area (Å²) in [5, 5.41) is 14.0. The maximum atomic E-state index is 9.22. The van der Waals surface area contributed by atoms with Gasteiger partial charge in [-0.1, -0.05) is 19.3 Å². The minimum absolute atomic E-state index is 0.216. The van der Waals surface area contributed by atoms with Gasteiger partial charge in [0.15, 0.2) is 0 Å². The molecule has 2 saturated carbocycles. The number of nitrogens with zero attached hydrogens (tertiary/aromatic N) is 1. The van der Waals surface area contributed by atoms with E-state index < -0.39 is 0 Å². The zero-order valence-electron chi connectivity index (χ0n) is 10.2. The van der Waals surface area contributed by atoms with E-state index in [0.717, 1.165) is 23.3 Å². The zero-order chi connectivity index (χ0) is 11.4. The normalized spacial score (nSPS) is 36.1. The Morgan fingerprint density at radius 3 is 2.50 bits per heavy atom. The Morgan fingerprint density at radius 2 is 1.94 bits per heavy atom. The molecule has 0 aromatic heterocycles. The van der Waals surface area contributed by atoms with Crippen molar-refractivity contribution in [3.8, 4) is 6.07 Å². The second-order valence-corrected chi connectivity index (χ2v) is 6.81. The number of nitriles is 1. The molecule has 2 rings (SSSR count). The molecule has 0 bridgehead atoms. The molecule has 0 saturated heterocycles. The Labute approximate surface area is 103 Å². The minimum atomic E-state index is -0.216. The molecule has 16 heavy (non-hydrogen) atoms. The second-order valence-electron chi connectivity index (χ2n) is 5.20. The third-order valence-corrected chi connectivity index (χ3v) is 5.74. The molecule has 2 aliphatic carbocycles. The van der Waals surface area contributed by atoms with Gasteiger partial charge in [0, 0.05) is 10.5 Å². The van der Waals surface area contributed by atoms with Gasteiger partial charge >= 0.3 is 0 Å². The molecule has 2 fully saturated rings. The number of thioether (sulfide) groups is 1. The Hall–Kier alpha value is -0.200. The van der Waals surface area contributed by atoms with Crippen LogP contribution in [0.25, 0.3) is 0 Å². The molecule has 0 aliphatic heterocycles. The summed E-state index contributed by atoms with van der Waals surface area (Å²) in [7, 11) is 1.93. The van der Waals surface area contributed by atoms with Gasteiger partial charge in [-0.05, 0) is 39.2 Å². The van der Waals surface area contributed by atoms with Crippen molar-refractivity contribution in [1.29, 1.82) is 5.26 Å². The van der Waals surface area contributed by atoms with Crippen molar-refractivity contribution in [2.75, 3.05) is 7.05 Å². The van der Waals surface area contributed by atoms with Gasteiger partial charge in [-0.15, -0.1) is 0 Å². The van der Waals surface area contributed by atoms with E-state index >= 15 is 0 Å². The molecule has 2 nitrogen and oxygen atoms in total. The summed E-state index contributed by atoms with van der Waals surface area (Å²) in [4.78, 5) is 0. The molecule has 0 spiro atoms. The first-order chi connectivity index (χ1) is 7.78. The number of rotatable bonds is 3. The van der Waals surface area contributed by atoms with Crippen LogP contribution in [0.1, 0.15) is 51.4 Å². The molecule has 0 aromatic rings. The van der Waals surface area contributed by atoms with Gasteiger partial charge < -0.3 is 5.32 Å². The highest BCUT2D eigenvalue weighted by Crippen LogP contribution is 2.41. The molecular formula is C13H22N2S. The van der Waals surface area contributed by atoms with Crippen LogP contribution in [-0.4, -0.2) is 23.1 Å². The number of hydrogen-bond donors (Lipinski definition) is 1. The highest BCUT2D eigenvalue weighted by Gasteiger charge is 2.39. The van der Waals surface area contributed by atoms with Crippen LogP contribution in [0.3, 0.4) is 0 Å². The summed E-state index contributed by atoms with van der Waals surface area (Å²) in [6.07, 6.45) is 10.4. The van der Waals surface area contributed by atoms with Crippen LogP contribution < -0.4 is 5.32 Å². The Kier molecular flexibility index (Phi) is 4.16. The molecule has 0 aromatic carbocycles. The first-order valence-electron chi connectivity index (χ1n) is 6.54. The van der Waals surface area contributed by atoms with Crippen molar-refractivity contribution in [3.05, 3.63) is 0 Å². The van der Waals surface area contributed by atoms with Crippen molar-refractivity contribution < 1.29 is 0 Å². The summed E-state index contributed by atoms with van der Waals surface area (Å²) < 4.78 is 0. The van der Waals surface area contributed by atoms with Crippen LogP contribution in [0, 0.1) is 11.3 Å². The van der Waals surface area contributed by atoms with Gasteiger partial charge in [-0.3, -0.25) is 0 Å². The number of hydrogen-bond acceptors (Lipinski definition) is 3. The van der Waals surface area contributed by atoms with E-state index in [-0.39, 0.29) is 5.54 Å². The van der Waals surface area contributed by atoms with E-state index in [1.807, 2.05) is 7.05 Å². The minimum Gasteiger partial charge on any atom is -0.302 e. The third kappa shape index (κ3) is 2.73. The van der Waals surface area contributed by atoms with Gasteiger partial charge in [0.25, 0.3) is 0 Å². The van der Waals surface area contributed by atoms with Crippen LogP contribution >= 0.6 is 11.8 Å². The Balaban J connectivity index is 1.82. The van der Waals surface area contributed by atoms with Gasteiger partial charge in [-0.2, -0.15) is 17.0 Å². The summed E-state index contributed by atoms with van der Waals surface area (Å²) in [5.74, 6) is 0. The van der Waals surface area contributed by atoms with Crippen molar-refractivity contribution in [1.82, 2.24) is 5.32 Å². The lowest BCUT2D eigenvalue weighted by Gasteiger charge is -2.25. The lowest BCUT2D eigenvalue weighted by molar-refractivity contribution is 0.464. The third-order valence-electron chi connectivity index (χ3n) is 4.10. The fraction of sp³-hybridized carbons (Fsp3) is 0.923. The molecule has 2 aliphatic rings. The highest BCUT2D eigenvalue weighted by molar-refractivity contribution is 8.00. The predicted octanol–water partition coefficient (Wildman–Crippen LogP) is 3.09. The molecule has 0 amide bonds. The van der Waals surface area contributed by atoms with Crippen molar-refractivity contribution in [2.24, 2.45) is 0 Å². The SMILES string of the molecule is CNC1(C#N)CCC(SC2CCCCC2)C1. The standard InChI is InChI=1S/C13H22N2S/c1-15-13(10-14)8-7-12(9-13)16-11-5-3-2-4-6-11/h11-12,15H,2-9H2,1H3. The molecule has 3 heteroatoms. The summed E-state index contributed by atoms with van der Waals surface area (Å²) in [6, 6.07) is 2.47. The fourth-order valence-corrected chi connectivity index (χ4v) is 4.76. The van der Waals surface area contributed by atoms with Crippen molar-refractivity contribution in [3.63, 3.8) is 0 Å². The van der Waals surface area contributed by atoms with E-state index in [2.05, 4.69) is 23.1 Å². The Bertz CT molecular complexity index is 268. The molecule has 0 radical (unpaired) electrons. The van der Waals surface area contributed by atoms with Crippen LogP contribution in [0.15, 0.2) is 0 Å². The van der Waals surface area contributed by atoms with Gasteiger partial charge in [-0.25, -0.2) is 0 Å². The average Bonchev–Trinajstić information content (AvgIpc) is 2.75. The monoisotopic (exact) mass is 238 g/mol. The molecule has 0 heterocycles. The maximum Gasteiger partial charge on any atom is 0.107 e. The van der Waals surface area contributed by atoms with Gasteiger partial charge in [0.2, 0.25) is 0 Å². The fourth-order valence-electron chi connectivity index (χ4n) is 2.97. The van der Waals surface area contributed by atoms with E-state index in [9.17, 15) is 5.26 Å². The first kappa shape index (κ1) is 12.3. The summed E-state index contributed by atoms with van der Waals surface area (Å²) in [5.41, 5.74) is -0.216. The second kappa shape index (κ2) is 5.42. The highest BCUT2D eigenvalue weighted by atomic mass is 32.2. The first-order valence-corrected chi connectivity index (χ1v) is 7.48. The average molecular weight is 238 g/mol. The number of nitrogens with one attached hydrogen (secondary N) is 1. The topological polar surface area (TPSA) is 35.8 Å². The predicted molar refractivity (Wildman–Crippen MR) is 69.5 cm³/mol. The smallest absolute Gasteiger partial charge is 0.107 e. The summed E-state index contributed by atoms with van der Waals surface area (Å²) in [6.45, 7) is 0.